The van der Waals surface area contributed by atoms with Crippen molar-refractivity contribution in [3.05, 3.63) is 97.1 Å². The molecule has 4 aromatic rings. The lowest BCUT2D eigenvalue weighted by Gasteiger charge is -2.36. The number of nitrogens with one attached hydrogen (secondary N) is 3. The number of carbonyl (C=O) groups excluding carboxylic acids is 5. The van der Waals surface area contributed by atoms with Crippen LogP contribution in [0.2, 0.25) is 0 Å². The van der Waals surface area contributed by atoms with Crippen molar-refractivity contribution in [1.82, 2.24) is 25.2 Å². The van der Waals surface area contributed by atoms with Gasteiger partial charge in [-0.05, 0) is 56.9 Å². The minimum Gasteiger partial charge on any atom is -0.497 e. The van der Waals surface area contributed by atoms with Crippen molar-refractivity contribution in [1.29, 1.82) is 0 Å². The molecule has 4 amide bonds. The predicted octanol–water partition coefficient (Wildman–Crippen LogP) is 5.55. The van der Waals surface area contributed by atoms with Gasteiger partial charge in [0.15, 0.2) is 0 Å². The van der Waals surface area contributed by atoms with Crippen molar-refractivity contribution >= 4 is 50.7 Å². The Balaban J connectivity index is 1.35. The average molecular weight is 884 g/mol. The van der Waals surface area contributed by atoms with Crippen LogP contribution in [0.15, 0.2) is 96.4 Å². The van der Waals surface area contributed by atoms with Crippen LogP contribution in [0.5, 0.6) is 11.5 Å². The van der Waals surface area contributed by atoms with Crippen LogP contribution in [0.25, 0.3) is 22.2 Å². The summed E-state index contributed by atoms with van der Waals surface area (Å²) in [6.45, 7) is 14.0. The van der Waals surface area contributed by atoms with Crippen molar-refractivity contribution in [2.75, 3.05) is 20.8 Å². The van der Waals surface area contributed by atoms with E-state index >= 15 is 0 Å². The largest absolute Gasteiger partial charge is 0.497 e. The third-order valence-corrected chi connectivity index (χ3v) is 12.2. The lowest BCUT2D eigenvalue weighted by molar-refractivity contribution is -0.143. The number of carbonyl (C=O) groups is 5. The molecule has 1 aliphatic heterocycles. The molecule has 2 aliphatic rings. The number of likely N-dealkylation sites (tertiary alicyclic amines) is 1. The molecule has 1 saturated heterocycles. The Morgan fingerprint density at radius 3 is 2.24 bits per heavy atom. The number of alkyl carbamates (subject to hydrolysis) is 1. The standard InChI is InChI=1S/C46H53N5O11S/c1-10-28-25-46(28,42(55)50-63(57,58)37-19-15-14-18-32(37)41(54)60-9)49-39(52)35-23-30(26-51(35)40(53)38(44(2,3)4)48-43(56)62-45(5,6)7)61-36-24-33(27-16-12-11-13-17-27)47-34-22-29(59-8)20-21-31(34)36/h10-22,24,28,30,35,38H,1,23,25-26H2,2-9H3,(H,48,56)(H,49,52)(H,50,55). The Hall–Kier alpha value is -6.49. The van der Waals surface area contributed by atoms with Crippen molar-refractivity contribution in [2.45, 2.75) is 88.6 Å². The van der Waals surface area contributed by atoms with Crippen LogP contribution in [0, 0.1) is 11.3 Å². The van der Waals surface area contributed by atoms with Gasteiger partial charge in [-0.1, -0.05) is 69.3 Å². The van der Waals surface area contributed by atoms with Crippen LogP contribution in [-0.2, 0) is 33.9 Å². The SMILES string of the molecule is C=CC1CC1(NC(=O)C1CC(Oc2cc(-c3ccccc3)nc3cc(OC)ccc23)CN1C(=O)C(NC(=O)OC(C)(C)C)C(C)(C)C)C(=O)NS(=O)(=O)c1ccccc1C(=O)OC. The third kappa shape index (κ3) is 10.1. The Kier molecular flexibility index (Phi) is 12.9. The van der Waals surface area contributed by atoms with E-state index in [0.717, 1.165) is 18.7 Å². The number of hydrogen-bond donors (Lipinski definition) is 3. The number of sulfonamides is 1. The average Bonchev–Trinajstić information content (AvgIpc) is 3.79. The highest BCUT2D eigenvalue weighted by Gasteiger charge is 2.61. The lowest BCUT2D eigenvalue weighted by Crippen LogP contribution is -2.60. The van der Waals surface area contributed by atoms with Gasteiger partial charge in [-0.15, -0.1) is 6.58 Å². The Morgan fingerprint density at radius 2 is 1.62 bits per heavy atom. The van der Waals surface area contributed by atoms with Gasteiger partial charge in [0, 0.05) is 35.4 Å². The van der Waals surface area contributed by atoms with E-state index < -0.39 is 85.4 Å². The first-order valence-corrected chi connectivity index (χ1v) is 21.8. The summed E-state index contributed by atoms with van der Waals surface area (Å²) in [5.74, 6) is -3.11. The van der Waals surface area contributed by atoms with E-state index in [4.69, 9.17) is 23.9 Å². The maximum Gasteiger partial charge on any atom is 0.408 e. The summed E-state index contributed by atoms with van der Waals surface area (Å²) in [6.07, 6.45) is -0.302. The number of ether oxygens (including phenoxy) is 4. The zero-order chi connectivity index (χ0) is 46.1. The molecule has 1 aliphatic carbocycles. The normalized spacial score (nSPS) is 20.2. The summed E-state index contributed by atoms with van der Waals surface area (Å²) < 4.78 is 51.7. The number of nitrogens with zero attached hydrogens (tertiary/aromatic N) is 2. The van der Waals surface area contributed by atoms with Crippen LogP contribution >= 0.6 is 0 Å². The lowest BCUT2D eigenvalue weighted by atomic mass is 9.85. The molecule has 6 rings (SSSR count). The van der Waals surface area contributed by atoms with E-state index in [1.807, 2.05) is 35.1 Å². The highest BCUT2D eigenvalue weighted by molar-refractivity contribution is 7.90. The molecule has 2 heterocycles. The molecule has 17 heteroatoms. The summed E-state index contributed by atoms with van der Waals surface area (Å²) in [5.41, 5.74) is -1.87. The molecule has 1 saturated carbocycles. The highest BCUT2D eigenvalue weighted by Crippen LogP contribution is 2.45. The van der Waals surface area contributed by atoms with Crippen molar-refractivity contribution in [2.24, 2.45) is 11.3 Å². The summed E-state index contributed by atoms with van der Waals surface area (Å²) in [5, 5.41) is 6.10. The van der Waals surface area contributed by atoms with Gasteiger partial charge in [-0.3, -0.25) is 14.4 Å². The number of hydrogen-bond acceptors (Lipinski definition) is 12. The van der Waals surface area contributed by atoms with E-state index in [-0.39, 0.29) is 24.9 Å². The molecule has 3 N–H and O–H groups in total. The molecule has 16 nitrogen and oxygen atoms in total. The van der Waals surface area contributed by atoms with Gasteiger partial charge in [0.2, 0.25) is 11.8 Å². The number of pyridine rings is 1. The number of amides is 4. The van der Waals surface area contributed by atoms with E-state index in [2.05, 4.69) is 17.2 Å². The molecule has 5 atom stereocenters. The summed E-state index contributed by atoms with van der Waals surface area (Å²) in [6, 6.07) is 19.3. The monoisotopic (exact) mass is 883 g/mol. The topological polar surface area (TPSA) is 209 Å². The van der Waals surface area contributed by atoms with Gasteiger partial charge in [0.1, 0.15) is 45.7 Å². The first kappa shape index (κ1) is 46.0. The quantitative estimate of drug-likeness (QED) is 0.112. The van der Waals surface area contributed by atoms with Gasteiger partial charge in [-0.2, -0.15) is 0 Å². The first-order valence-electron chi connectivity index (χ1n) is 20.3. The first-order chi connectivity index (χ1) is 29.6. The molecule has 63 heavy (non-hydrogen) atoms. The second kappa shape index (κ2) is 17.7. The number of fused-ring (bicyclic) bond motifs is 1. The fourth-order valence-corrected chi connectivity index (χ4v) is 8.77. The van der Waals surface area contributed by atoms with Gasteiger partial charge >= 0.3 is 12.1 Å². The zero-order valence-corrected chi connectivity index (χ0v) is 37.3. The number of esters is 1. The van der Waals surface area contributed by atoms with Crippen molar-refractivity contribution in [3.8, 4) is 22.8 Å². The number of methoxy groups -OCH3 is 2. The van der Waals surface area contributed by atoms with Crippen molar-refractivity contribution < 1.29 is 51.3 Å². The Bertz CT molecular complexity index is 2550. The highest BCUT2D eigenvalue weighted by atomic mass is 32.2. The maximum atomic E-state index is 14.8. The third-order valence-electron chi connectivity index (χ3n) is 10.8. The second-order valence-corrected chi connectivity index (χ2v) is 19.3. The Labute approximate surface area is 366 Å². The minimum atomic E-state index is -4.68. The molecular formula is C46H53N5O11S. The van der Waals surface area contributed by atoms with Crippen LogP contribution in [0.3, 0.4) is 0 Å². The maximum absolute atomic E-state index is 14.8. The molecule has 3 aromatic carbocycles. The fourth-order valence-electron chi connectivity index (χ4n) is 7.54. The number of rotatable bonds is 13. The van der Waals surface area contributed by atoms with Crippen LogP contribution in [-0.4, -0.2) is 98.2 Å². The molecule has 0 bridgehead atoms. The summed E-state index contributed by atoms with van der Waals surface area (Å²) >= 11 is 0. The molecule has 5 unspecified atom stereocenters. The molecule has 1 aromatic heterocycles. The van der Waals surface area contributed by atoms with Gasteiger partial charge < -0.3 is 34.5 Å². The van der Waals surface area contributed by atoms with Crippen LogP contribution in [0.1, 0.15) is 64.7 Å². The summed E-state index contributed by atoms with van der Waals surface area (Å²) in [4.78, 5) is 74.8. The van der Waals surface area contributed by atoms with Crippen molar-refractivity contribution in [3.63, 3.8) is 0 Å². The Morgan fingerprint density at radius 1 is 0.937 bits per heavy atom. The fraction of sp³-hybridized carbons (Fsp3) is 0.391. The molecule has 0 spiro atoms. The number of aromatic nitrogens is 1. The predicted molar refractivity (Wildman–Crippen MR) is 233 cm³/mol. The molecule has 2 fully saturated rings. The minimum absolute atomic E-state index is 0.0115. The van der Waals surface area contributed by atoms with E-state index in [9.17, 15) is 32.4 Å². The number of benzene rings is 3. The van der Waals surface area contributed by atoms with Crippen LogP contribution < -0.4 is 24.8 Å². The van der Waals surface area contributed by atoms with Gasteiger partial charge in [0.25, 0.3) is 15.9 Å². The van der Waals surface area contributed by atoms with E-state index in [1.54, 1.807) is 72.9 Å². The van der Waals surface area contributed by atoms with Gasteiger partial charge in [0.05, 0.1) is 37.5 Å². The summed E-state index contributed by atoms with van der Waals surface area (Å²) in [7, 11) is -2.03. The molecular weight excluding hydrogens is 831 g/mol. The van der Waals surface area contributed by atoms with E-state index in [0.29, 0.717) is 28.1 Å². The van der Waals surface area contributed by atoms with E-state index in [1.165, 1.54) is 29.2 Å². The second-order valence-electron chi connectivity index (χ2n) is 17.6. The zero-order valence-electron chi connectivity index (χ0n) is 36.5. The molecule has 0 radical (unpaired) electrons. The molecule has 334 valence electrons. The smallest absolute Gasteiger partial charge is 0.408 e. The van der Waals surface area contributed by atoms with Gasteiger partial charge in [-0.25, -0.2) is 27.7 Å². The van der Waals surface area contributed by atoms with Crippen LogP contribution in [0.4, 0.5) is 4.79 Å².